The molecule has 0 unspecified atom stereocenters. The van der Waals surface area contributed by atoms with E-state index in [1.165, 1.54) is 154 Å². The molecule has 2 aliphatic rings. The Balaban J connectivity index is 0.988. The molecule has 0 saturated carbocycles. The van der Waals surface area contributed by atoms with Gasteiger partial charge in [-0.2, -0.15) is 0 Å². The van der Waals surface area contributed by atoms with Crippen molar-refractivity contribution < 1.29 is 4.74 Å². The summed E-state index contributed by atoms with van der Waals surface area (Å²) in [5.41, 5.74) is 26.4. The van der Waals surface area contributed by atoms with Gasteiger partial charge in [0.2, 0.25) is 0 Å². The van der Waals surface area contributed by atoms with E-state index in [2.05, 4.69) is 334 Å². The van der Waals surface area contributed by atoms with Crippen molar-refractivity contribution in [3.05, 3.63) is 239 Å². The van der Waals surface area contributed by atoms with Crippen LogP contribution in [-0.2, 0) is 39.9 Å². The molecule has 0 radical (unpaired) electrons. The van der Waals surface area contributed by atoms with Crippen molar-refractivity contribution in [2.45, 2.75) is 165 Å². The molecule has 3 nitrogen and oxygen atoms in total. The topological polar surface area (TPSA) is 17.4 Å². The fourth-order valence-corrected chi connectivity index (χ4v) is 15.7. The van der Waals surface area contributed by atoms with Gasteiger partial charge < -0.3 is 14.2 Å². The van der Waals surface area contributed by atoms with Crippen LogP contribution >= 0.6 is 0 Å². The van der Waals surface area contributed by atoms with E-state index >= 15 is 0 Å². The molecule has 13 aromatic rings. The summed E-state index contributed by atoms with van der Waals surface area (Å²) in [4.78, 5) is 2.69. The molecule has 0 spiro atoms. The Hall–Kier alpha value is -8.86. The van der Waals surface area contributed by atoms with E-state index < -0.39 is 0 Å². The van der Waals surface area contributed by atoms with Crippen LogP contribution in [0.25, 0.3) is 93.2 Å². The molecule has 0 amide bonds. The molecule has 0 fully saturated rings. The number of anilines is 2. The highest BCUT2D eigenvalue weighted by atomic mass is 16.5. The lowest BCUT2D eigenvalue weighted by Crippen LogP contribution is -2.60. The van der Waals surface area contributed by atoms with Crippen LogP contribution in [-0.4, -0.2) is 17.8 Å². The fourth-order valence-electron chi connectivity index (χ4n) is 15.7. The Morgan fingerprint density at radius 3 is 1.45 bits per heavy atom. The van der Waals surface area contributed by atoms with Crippen LogP contribution in [0.15, 0.2) is 200 Å². The van der Waals surface area contributed by atoms with E-state index in [-0.39, 0.29) is 39.2 Å². The molecule has 4 heteroatoms. The number of rotatable bonds is 8. The first-order valence-electron chi connectivity index (χ1n) is 34.9. The fraction of sp³-hybridized carbons (Fsp3) is 0.297. The third-order valence-corrected chi connectivity index (χ3v) is 21.0. The molecule has 476 valence electrons. The second-order valence-corrected chi connectivity index (χ2v) is 34.4. The van der Waals surface area contributed by atoms with E-state index in [4.69, 9.17) is 4.74 Å². The zero-order valence-corrected chi connectivity index (χ0v) is 59.6. The van der Waals surface area contributed by atoms with Crippen molar-refractivity contribution in [2.75, 3.05) is 11.4 Å². The predicted octanol–water partition coefficient (Wildman–Crippen LogP) is 23.1. The van der Waals surface area contributed by atoms with Crippen LogP contribution in [0.3, 0.4) is 0 Å². The van der Waals surface area contributed by atoms with Crippen molar-refractivity contribution >= 4 is 88.6 Å². The van der Waals surface area contributed by atoms with Gasteiger partial charge in [0.05, 0.1) is 11.0 Å². The lowest BCUT2D eigenvalue weighted by molar-refractivity contribution is 0.410. The summed E-state index contributed by atoms with van der Waals surface area (Å²) in [6, 6.07) is 78.4. The highest BCUT2D eigenvalue weighted by Gasteiger charge is 2.43. The van der Waals surface area contributed by atoms with Gasteiger partial charge in [0.1, 0.15) is 11.5 Å². The molecule has 3 heterocycles. The average Bonchev–Trinajstić information content (AvgIpc) is 1.28. The van der Waals surface area contributed by atoms with Crippen molar-refractivity contribution in [2.24, 2.45) is 5.41 Å². The van der Waals surface area contributed by atoms with Crippen molar-refractivity contribution in [3.8, 4) is 50.6 Å². The van der Waals surface area contributed by atoms with Gasteiger partial charge in [-0.05, 0) is 227 Å². The number of fused-ring (bicyclic) bond motifs is 7. The quantitative estimate of drug-likeness (QED) is 0.111. The van der Waals surface area contributed by atoms with Crippen LogP contribution in [0.1, 0.15) is 164 Å². The Morgan fingerprint density at radius 2 is 0.895 bits per heavy atom. The molecule has 0 saturated heterocycles. The van der Waals surface area contributed by atoms with Gasteiger partial charge in [0.15, 0.2) is 0 Å². The molecular formula is C91H93BN2O. The Labute approximate surface area is 565 Å². The third-order valence-electron chi connectivity index (χ3n) is 21.0. The van der Waals surface area contributed by atoms with Gasteiger partial charge in [0.25, 0.3) is 6.71 Å². The van der Waals surface area contributed by atoms with E-state index in [1.807, 2.05) is 0 Å². The van der Waals surface area contributed by atoms with E-state index in [0.717, 1.165) is 36.6 Å². The molecule has 95 heavy (non-hydrogen) atoms. The normalized spacial score (nSPS) is 13.7. The van der Waals surface area contributed by atoms with Gasteiger partial charge in [0, 0.05) is 40.4 Å². The van der Waals surface area contributed by atoms with Gasteiger partial charge >= 0.3 is 0 Å². The van der Waals surface area contributed by atoms with E-state index in [0.29, 0.717) is 0 Å². The van der Waals surface area contributed by atoms with Crippen molar-refractivity contribution in [3.63, 3.8) is 0 Å². The van der Waals surface area contributed by atoms with Gasteiger partial charge in [-0.15, -0.1) is 0 Å². The van der Waals surface area contributed by atoms with Crippen LogP contribution in [0, 0.1) is 5.41 Å². The maximum atomic E-state index is 7.68. The minimum absolute atomic E-state index is 0.00776. The van der Waals surface area contributed by atoms with Crippen molar-refractivity contribution in [1.82, 2.24) is 4.57 Å². The van der Waals surface area contributed by atoms with Crippen LogP contribution in [0.4, 0.5) is 11.4 Å². The highest BCUT2D eigenvalue weighted by Crippen LogP contribution is 2.48. The van der Waals surface area contributed by atoms with Crippen LogP contribution < -0.4 is 26.0 Å². The Kier molecular flexibility index (Phi) is 14.3. The van der Waals surface area contributed by atoms with Crippen molar-refractivity contribution in [1.29, 1.82) is 0 Å². The first kappa shape index (κ1) is 62.3. The lowest BCUT2D eigenvalue weighted by atomic mass is 9.34. The Morgan fingerprint density at radius 1 is 0.368 bits per heavy atom. The number of benzene rings is 12. The highest BCUT2D eigenvalue weighted by molar-refractivity contribution is 6.99. The summed E-state index contributed by atoms with van der Waals surface area (Å²) in [6.45, 7) is 42.8. The summed E-state index contributed by atoms with van der Waals surface area (Å²) in [5, 5.41) is 10.5. The van der Waals surface area contributed by atoms with Gasteiger partial charge in [-0.3, -0.25) is 0 Å². The second-order valence-electron chi connectivity index (χ2n) is 34.4. The maximum Gasteiger partial charge on any atom is 0.256 e. The smallest absolute Gasteiger partial charge is 0.256 e. The lowest BCUT2D eigenvalue weighted by Gasteiger charge is -2.41. The number of nitrogens with zero attached hydrogens (tertiary/aromatic N) is 2. The molecule has 0 atom stereocenters. The molecular weight excluding hydrogens is 1150 g/mol. The number of hydrogen-bond donors (Lipinski definition) is 0. The molecule has 2 aliphatic heterocycles. The first-order valence-corrected chi connectivity index (χ1v) is 34.9. The predicted molar refractivity (Wildman–Crippen MR) is 412 cm³/mol. The Bertz CT molecular complexity index is 5100. The van der Waals surface area contributed by atoms with Crippen LogP contribution in [0.2, 0.25) is 0 Å². The minimum Gasteiger partial charge on any atom is -0.458 e. The van der Waals surface area contributed by atoms with Crippen LogP contribution in [0.5, 0.6) is 11.5 Å². The first-order chi connectivity index (χ1) is 44.8. The number of aromatic nitrogens is 1. The molecule has 1 aromatic heterocycles. The minimum atomic E-state index is -0.131. The molecule has 12 aromatic carbocycles. The monoisotopic (exact) mass is 1240 g/mol. The van der Waals surface area contributed by atoms with E-state index in [1.54, 1.807) is 0 Å². The second kappa shape index (κ2) is 21.8. The standard InChI is InChI=1S/C91H93BN2O/c1-86(2,3)54-55-41-80-85-82(42-55)95-81-53-67(94-77-37-32-62(87(4,5)6)48-72(77)73-49-63(88(7,8)9)33-38-78(73)94)34-35-75(81)92(85)76-47-58(69-46-61-45-64(89(10,11)12)43-59-29-30-60-44-65(90(13,14)15)52-74(69)84(60)83(59)61)31-36-79(76)93(80)40-39-68-70(56-25-21-19-22-26-56)50-66(91(16,17)18)51-71(68)57-27-23-20-24-28-57/h19-38,41-53H,39-40,54H2,1-18H3. The maximum absolute atomic E-state index is 7.68. The van der Waals surface area contributed by atoms with Gasteiger partial charge in [-0.25, -0.2) is 0 Å². The average molecular weight is 1240 g/mol. The number of hydrogen-bond acceptors (Lipinski definition) is 2. The SMILES string of the molecule is CC(C)(C)Cc1cc2c3c(c1)N(CCc1c(-c4ccccc4)cc(C(C)(C)C)cc1-c1ccccc1)c1ccc(-c4cc5cc(C(C)(C)C)cc6ccc7cc(C(C)(C)C)cc4c7c65)cc1B3c1ccc(-n3c4ccc(C(C)(C)C)cc4c4cc(C(C)(C)C)ccc43)cc1O2. The van der Waals surface area contributed by atoms with E-state index in [9.17, 15) is 0 Å². The zero-order valence-electron chi connectivity index (χ0n) is 59.6. The third kappa shape index (κ3) is 10.9. The molecule has 0 bridgehead atoms. The summed E-state index contributed by atoms with van der Waals surface area (Å²) in [5.74, 6) is 1.85. The molecule has 0 aliphatic carbocycles. The summed E-state index contributed by atoms with van der Waals surface area (Å²) in [6.07, 6.45) is 1.70. The summed E-state index contributed by atoms with van der Waals surface area (Å²) >= 11 is 0. The molecule has 0 N–H and O–H groups in total. The van der Waals surface area contributed by atoms with Gasteiger partial charge in [-0.1, -0.05) is 258 Å². The molecule has 15 rings (SSSR count). The summed E-state index contributed by atoms with van der Waals surface area (Å²) < 4.78 is 10.2. The largest absolute Gasteiger partial charge is 0.458 e. The number of ether oxygens (including phenoxy) is 1. The summed E-state index contributed by atoms with van der Waals surface area (Å²) in [7, 11) is 0. The zero-order chi connectivity index (χ0) is 66.8.